The Hall–Kier alpha value is -1.09. The van der Waals surface area contributed by atoms with E-state index in [1.165, 1.54) is 0 Å². The minimum absolute atomic E-state index is 0.596. The van der Waals surface area contributed by atoms with Crippen molar-refractivity contribution in [2.45, 2.75) is 25.8 Å². The molecular formula is C15H21BrN2O2. The van der Waals surface area contributed by atoms with Crippen LogP contribution in [-0.4, -0.2) is 26.9 Å². The van der Waals surface area contributed by atoms with E-state index in [-0.39, 0.29) is 0 Å². The molecular weight excluding hydrogens is 320 g/mol. The molecule has 0 aliphatic heterocycles. The molecule has 0 radical (unpaired) electrons. The lowest BCUT2D eigenvalue weighted by atomic mass is 10.2. The summed E-state index contributed by atoms with van der Waals surface area (Å²) in [6.45, 7) is 2.95. The molecule has 0 bridgehead atoms. The van der Waals surface area contributed by atoms with Crippen LogP contribution >= 0.6 is 15.9 Å². The number of halogens is 1. The molecule has 0 spiro atoms. The van der Waals surface area contributed by atoms with Crippen molar-refractivity contribution in [1.29, 1.82) is 5.26 Å². The molecule has 0 aromatic heterocycles. The third kappa shape index (κ3) is 6.90. The van der Waals surface area contributed by atoms with Crippen LogP contribution in [0.2, 0.25) is 0 Å². The van der Waals surface area contributed by atoms with E-state index in [0.29, 0.717) is 19.6 Å². The molecule has 0 saturated heterocycles. The van der Waals surface area contributed by atoms with Crippen LogP contribution in [0.1, 0.15) is 24.8 Å². The number of nitrogens with zero attached hydrogens (tertiary/aromatic N) is 1. The van der Waals surface area contributed by atoms with E-state index >= 15 is 0 Å². The Morgan fingerprint density at radius 1 is 1.30 bits per heavy atom. The fourth-order valence-corrected chi connectivity index (χ4v) is 2.06. The van der Waals surface area contributed by atoms with Gasteiger partial charge in [0.1, 0.15) is 5.75 Å². The van der Waals surface area contributed by atoms with Crippen LogP contribution in [-0.2, 0) is 11.3 Å². The average molecular weight is 341 g/mol. The first-order valence-electron chi connectivity index (χ1n) is 6.75. The Balaban J connectivity index is 2.38. The molecule has 0 fully saturated rings. The van der Waals surface area contributed by atoms with Gasteiger partial charge in [-0.15, -0.1) is 0 Å². The first-order valence-corrected chi connectivity index (χ1v) is 7.55. The molecule has 0 aliphatic rings. The van der Waals surface area contributed by atoms with Crippen molar-refractivity contribution in [3.8, 4) is 11.8 Å². The zero-order valence-corrected chi connectivity index (χ0v) is 13.4. The van der Waals surface area contributed by atoms with Crippen molar-refractivity contribution in [3.05, 3.63) is 28.2 Å². The summed E-state index contributed by atoms with van der Waals surface area (Å²) in [7, 11) is 1.69. The molecule has 20 heavy (non-hydrogen) atoms. The smallest absolute Gasteiger partial charge is 0.119 e. The highest BCUT2D eigenvalue weighted by Crippen LogP contribution is 2.22. The molecule has 110 valence electrons. The Kier molecular flexibility index (Phi) is 9.05. The highest BCUT2D eigenvalue weighted by molar-refractivity contribution is 9.10. The van der Waals surface area contributed by atoms with E-state index < -0.39 is 0 Å². The second-order valence-electron chi connectivity index (χ2n) is 4.39. The van der Waals surface area contributed by atoms with E-state index in [1.54, 1.807) is 7.11 Å². The fraction of sp³-hybridized carbons (Fsp3) is 0.533. The molecule has 0 heterocycles. The Morgan fingerprint density at radius 3 is 2.90 bits per heavy atom. The van der Waals surface area contributed by atoms with Crippen LogP contribution in [0.15, 0.2) is 22.7 Å². The van der Waals surface area contributed by atoms with Gasteiger partial charge in [-0.2, -0.15) is 5.26 Å². The van der Waals surface area contributed by atoms with Crippen molar-refractivity contribution in [2.24, 2.45) is 0 Å². The van der Waals surface area contributed by atoms with Gasteiger partial charge in [0.15, 0.2) is 0 Å². The van der Waals surface area contributed by atoms with Gasteiger partial charge in [-0.1, -0.05) is 15.9 Å². The zero-order chi connectivity index (χ0) is 14.6. The maximum absolute atomic E-state index is 8.46. The summed E-state index contributed by atoms with van der Waals surface area (Å²) in [6, 6.07) is 8.12. The van der Waals surface area contributed by atoms with E-state index in [4.69, 9.17) is 14.7 Å². The third-order valence-electron chi connectivity index (χ3n) is 2.77. The molecule has 1 N–H and O–H groups in total. The van der Waals surface area contributed by atoms with Crippen LogP contribution < -0.4 is 10.1 Å². The topological polar surface area (TPSA) is 54.3 Å². The van der Waals surface area contributed by atoms with Gasteiger partial charge in [-0.25, -0.2) is 0 Å². The van der Waals surface area contributed by atoms with Crippen molar-refractivity contribution in [3.63, 3.8) is 0 Å². The Labute approximate surface area is 129 Å². The van der Waals surface area contributed by atoms with Gasteiger partial charge in [-0.3, -0.25) is 0 Å². The first kappa shape index (κ1) is 17.0. The molecule has 4 nitrogen and oxygen atoms in total. The van der Waals surface area contributed by atoms with Crippen LogP contribution in [0, 0.1) is 11.3 Å². The van der Waals surface area contributed by atoms with Crippen molar-refractivity contribution in [2.75, 3.05) is 26.9 Å². The summed E-state index contributed by atoms with van der Waals surface area (Å²) in [5, 5.41) is 11.8. The predicted molar refractivity (Wildman–Crippen MR) is 82.7 cm³/mol. The Morgan fingerprint density at radius 2 is 2.15 bits per heavy atom. The number of nitriles is 1. The summed E-state index contributed by atoms with van der Waals surface area (Å²) in [5.74, 6) is 0.869. The van der Waals surface area contributed by atoms with Crippen LogP contribution in [0.4, 0.5) is 0 Å². The fourth-order valence-electron chi connectivity index (χ4n) is 1.67. The minimum Gasteiger partial charge on any atom is -0.494 e. The minimum atomic E-state index is 0.596. The SMILES string of the molecule is COCCNCc1cc(OCCCCC#N)ccc1Br. The maximum Gasteiger partial charge on any atom is 0.119 e. The molecule has 1 rings (SSSR count). The normalized spacial score (nSPS) is 10.2. The molecule has 0 unspecified atom stereocenters. The standard InChI is InChI=1S/C15H21BrN2O2/c1-19-10-8-18-12-13-11-14(5-6-15(13)16)20-9-4-2-3-7-17/h5-6,11,18H,2-4,8-10,12H2,1H3. The largest absolute Gasteiger partial charge is 0.494 e. The molecule has 1 aromatic carbocycles. The summed E-state index contributed by atoms with van der Waals surface area (Å²) in [4.78, 5) is 0. The van der Waals surface area contributed by atoms with Gasteiger partial charge in [0.2, 0.25) is 0 Å². The van der Waals surface area contributed by atoms with Crippen LogP contribution in [0.3, 0.4) is 0 Å². The summed E-state index contributed by atoms with van der Waals surface area (Å²) < 4.78 is 11.8. The lowest BCUT2D eigenvalue weighted by molar-refractivity contribution is 0.199. The number of unbranched alkanes of at least 4 members (excludes halogenated alkanes) is 2. The van der Waals surface area contributed by atoms with E-state index in [1.807, 2.05) is 18.2 Å². The molecule has 0 amide bonds. The lowest BCUT2D eigenvalue weighted by Gasteiger charge is -2.10. The van der Waals surface area contributed by atoms with E-state index in [0.717, 1.165) is 41.7 Å². The van der Waals surface area contributed by atoms with Crippen LogP contribution in [0.25, 0.3) is 0 Å². The number of ether oxygens (including phenoxy) is 2. The predicted octanol–water partition coefficient (Wildman–Crippen LogP) is 3.26. The molecule has 0 saturated carbocycles. The first-order chi connectivity index (χ1) is 9.77. The second-order valence-corrected chi connectivity index (χ2v) is 5.24. The van der Waals surface area contributed by atoms with E-state index in [9.17, 15) is 0 Å². The van der Waals surface area contributed by atoms with Crippen molar-refractivity contribution >= 4 is 15.9 Å². The average Bonchev–Trinajstić information content (AvgIpc) is 2.46. The molecule has 0 atom stereocenters. The van der Waals surface area contributed by atoms with Crippen LogP contribution in [0.5, 0.6) is 5.75 Å². The number of methoxy groups -OCH3 is 1. The summed E-state index contributed by atoms with van der Waals surface area (Å²) in [6.07, 6.45) is 2.39. The third-order valence-corrected chi connectivity index (χ3v) is 3.54. The van der Waals surface area contributed by atoms with Crippen molar-refractivity contribution < 1.29 is 9.47 Å². The van der Waals surface area contributed by atoms with Gasteiger partial charge >= 0.3 is 0 Å². The maximum atomic E-state index is 8.46. The second kappa shape index (κ2) is 10.7. The van der Waals surface area contributed by atoms with E-state index in [2.05, 4.69) is 27.3 Å². The molecule has 5 heteroatoms. The quantitative estimate of drug-likeness (QED) is 0.664. The Bertz CT molecular complexity index is 432. The molecule has 0 aliphatic carbocycles. The highest BCUT2D eigenvalue weighted by atomic mass is 79.9. The van der Waals surface area contributed by atoms with Gasteiger partial charge in [-0.05, 0) is 36.6 Å². The van der Waals surface area contributed by atoms with Gasteiger partial charge in [0.25, 0.3) is 0 Å². The number of nitrogens with one attached hydrogen (secondary N) is 1. The number of hydrogen-bond acceptors (Lipinski definition) is 4. The highest BCUT2D eigenvalue weighted by Gasteiger charge is 2.02. The van der Waals surface area contributed by atoms with Gasteiger partial charge < -0.3 is 14.8 Å². The monoisotopic (exact) mass is 340 g/mol. The summed E-state index contributed by atoms with van der Waals surface area (Å²) in [5.41, 5.74) is 1.16. The molecule has 1 aromatic rings. The van der Waals surface area contributed by atoms with Gasteiger partial charge in [0, 0.05) is 31.1 Å². The number of benzene rings is 1. The van der Waals surface area contributed by atoms with Gasteiger partial charge in [0.05, 0.1) is 19.3 Å². The zero-order valence-electron chi connectivity index (χ0n) is 11.8. The number of hydrogen-bond donors (Lipinski definition) is 1. The number of rotatable bonds is 10. The van der Waals surface area contributed by atoms with Crippen molar-refractivity contribution in [1.82, 2.24) is 5.32 Å². The lowest BCUT2D eigenvalue weighted by Crippen LogP contribution is -2.18. The summed E-state index contributed by atoms with van der Waals surface area (Å²) >= 11 is 3.54.